The molecule has 2 rings (SSSR count). The predicted molar refractivity (Wildman–Crippen MR) is 78.3 cm³/mol. The van der Waals surface area contributed by atoms with Crippen LogP contribution >= 0.6 is 0 Å². The molecule has 1 aromatic carbocycles. The van der Waals surface area contributed by atoms with E-state index in [1.165, 1.54) is 0 Å². The largest absolute Gasteiger partial charge is 0.497 e. The molecule has 1 saturated heterocycles. The summed E-state index contributed by atoms with van der Waals surface area (Å²) in [5.74, 6) is 0.291. The molecular weight excluding hydrogens is 272 g/mol. The van der Waals surface area contributed by atoms with Gasteiger partial charge in [-0.3, -0.25) is 9.59 Å². The van der Waals surface area contributed by atoms with E-state index in [0.29, 0.717) is 19.7 Å². The van der Waals surface area contributed by atoms with E-state index < -0.39 is 0 Å². The van der Waals surface area contributed by atoms with Crippen LogP contribution in [0, 0.1) is 5.92 Å². The fourth-order valence-electron chi connectivity index (χ4n) is 2.32. The van der Waals surface area contributed by atoms with Gasteiger partial charge in [0.1, 0.15) is 5.75 Å². The number of nitrogens with one attached hydrogen (secondary N) is 1. The molecule has 21 heavy (non-hydrogen) atoms. The normalized spacial score (nSPS) is 17.9. The van der Waals surface area contributed by atoms with E-state index in [9.17, 15) is 9.59 Å². The summed E-state index contributed by atoms with van der Waals surface area (Å²) in [6.45, 7) is 1.33. The third-order valence-corrected chi connectivity index (χ3v) is 3.49. The van der Waals surface area contributed by atoms with Crippen LogP contribution in [0.15, 0.2) is 24.3 Å². The Hall–Kier alpha value is -2.08. The van der Waals surface area contributed by atoms with E-state index in [1.807, 2.05) is 12.1 Å². The molecule has 6 heteroatoms. The lowest BCUT2D eigenvalue weighted by molar-refractivity contribution is -0.126. The molecule has 1 N–H and O–H groups in total. The molecule has 0 aliphatic carbocycles. The molecule has 0 unspecified atom stereocenters. The van der Waals surface area contributed by atoms with E-state index in [1.54, 1.807) is 31.3 Å². The fourth-order valence-corrected chi connectivity index (χ4v) is 2.32. The van der Waals surface area contributed by atoms with Gasteiger partial charge in [-0.25, -0.2) is 0 Å². The molecule has 0 aromatic heterocycles. The number of hydrogen-bond donors (Lipinski definition) is 1. The Labute approximate surface area is 124 Å². The molecule has 1 heterocycles. The van der Waals surface area contributed by atoms with E-state index in [-0.39, 0.29) is 24.2 Å². The summed E-state index contributed by atoms with van der Waals surface area (Å²) in [6, 6.07) is 7.24. The first kappa shape index (κ1) is 15.3. The van der Waals surface area contributed by atoms with Crippen molar-refractivity contribution in [1.29, 1.82) is 0 Å². The standard InChI is InChI=1S/C15H20N2O4/c1-20-8-7-16-15(19)11-9-14(18)17(10-11)12-3-5-13(21-2)6-4-12/h3-6,11H,7-10H2,1-2H3,(H,16,19)/t11-/m0/s1. The van der Waals surface area contributed by atoms with Gasteiger partial charge in [0.15, 0.2) is 0 Å². The highest BCUT2D eigenvalue weighted by molar-refractivity contribution is 6.00. The highest BCUT2D eigenvalue weighted by atomic mass is 16.5. The van der Waals surface area contributed by atoms with E-state index in [2.05, 4.69) is 5.32 Å². The molecule has 114 valence electrons. The molecular formula is C15H20N2O4. The highest BCUT2D eigenvalue weighted by Crippen LogP contribution is 2.26. The third-order valence-electron chi connectivity index (χ3n) is 3.49. The average Bonchev–Trinajstić information content (AvgIpc) is 2.89. The van der Waals surface area contributed by atoms with Crippen molar-refractivity contribution in [3.05, 3.63) is 24.3 Å². The second kappa shape index (κ2) is 7.08. The van der Waals surface area contributed by atoms with Crippen LogP contribution in [0.5, 0.6) is 5.75 Å². The molecule has 0 spiro atoms. The third kappa shape index (κ3) is 3.72. The van der Waals surface area contributed by atoms with Crippen molar-refractivity contribution in [2.24, 2.45) is 5.92 Å². The number of benzene rings is 1. The molecule has 0 radical (unpaired) electrons. The van der Waals surface area contributed by atoms with E-state index in [4.69, 9.17) is 9.47 Å². The van der Waals surface area contributed by atoms with Crippen LogP contribution in [0.25, 0.3) is 0 Å². The Kier molecular flexibility index (Phi) is 5.16. The topological polar surface area (TPSA) is 67.9 Å². The zero-order valence-electron chi connectivity index (χ0n) is 12.3. The van der Waals surface area contributed by atoms with Crippen LogP contribution in [0.4, 0.5) is 5.69 Å². The monoisotopic (exact) mass is 292 g/mol. The van der Waals surface area contributed by atoms with Crippen molar-refractivity contribution in [1.82, 2.24) is 5.32 Å². The predicted octanol–water partition coefficient (Wildman–Crippen LogP) is 0.811. The van der Waals surface area contributed by atoms with Gasteiger partial charge in [0.2, 0.25) is 11.8 Å². The quantitative estimate of drug-likeness (QED) is 0.788. The van der Waals surface area contributed by atoms with Gasteiger partial charge in [-0.1, -0.05) is 0 Å². The number of hydrogen-bond acceptors (Lipinski definition) is 4. The minimum absolute atomic E-state index is 0.0351. The minimum atomic E-state index is -0.309. The summed E-state index contributed by atoms with van der Waals surface area (Å²) in [5.41, 5.74) is 0.785. The van der Waals surface area contributed by atoms with Crippen molar-refractivity contribution < 1.29 is 19.1 Å². The van der Waals surface area contributed by atoms with Gasteiger partial charge in [-0.2, -0.15) is 0 Å². The first-order chi connectivity index (χ1) is 10.2. The van der Waals surface area contributed by atoms with Gasteiger partial charge in [-0.15, -0.1) is 0 Å². The second-order valence-electron chi connectivity index (χ2n) is 4.89. The highest BCUT2D eigenvalue weighted by Gasteiger charge is 2.34. The summed E-state index contributed by atoms with van der Waals surface area (Å²) < 4.78 is 9.98. The van der Waals surface area contributed by atoms with Gasteiger partial charge in [0, 0.05) is 32.3 Å². The summed E-state index contributed by atoms with van der Waals surface area (Å²) in [7, 11) is 3.17. The first-order valence-corrected chi connectivity index (χ1v) is 6.86. The second-order valence-corrected chi connectivity index (χ2v) is 4.89. The zero-order valence-corrected chi connectivity index (χ0v) is 12.3. The van der Waals surface area contributed by atoms with Crippen LogP contribution in [0.1, 0.15) is 6.42 Å². The average molecular weight is 292 g/mol. The lowest BCUT2D eigenvalue weighted by Gasteiger charge is -2.17. The molecule has 1 atom stereocenters. The van der Waals surface area contributed by atoms with Crippen LogP contribution in [-0.4, -0.2) is 45.7 Å². The van der Waals surface area contributed by atoms with Crippen LogP contribution in [0.2, 0.25) is 0 Å². The van der Waals surface area contributed by atoms with Crippen molar-refractivity contribution in [3.63, 3.8) is 0 Å². The number of carbonyl (C=O) groups is 2. The Morgan fingerprint density at radius 2 is 2.05 bits per heavy atom. The summed E-state index contributed by atoms with van der Waals surface area (Å²) in [6.07, 6.45) is 0.241. The Morgan fingerprint density at radius 3 is 2.67 bits per heavy atom. The fraction of sp³-hybridized carbons (Fsp3) is 0.467. The number of amides is 2. The Morgan fingerprint density at radius 1 is 1.33 bits per heavy atom. The maximum Gasteiger partial charge on any atom is 0.227 e. The van der Waals surface area contributed by atoms with Gasteiger partial charge in [0.05, 0.1) is 19.6 Å². The molecule has 1 fully saturated rings. The van der Waals surface area contributed by atoms with Crippen molar-refractivity contribution >= 4 is 17.5 Å². The zero-order chi connectivity index (χ0) is 15.2. The Balaban J connectivity index is 1.96. The van der Waals surface area contributed by atoms with Crippen LogP contribution in [-0.2, 0) is 14.3 Å². The Bertz CT molecular complexity index is 501. The van der Waals surface area contributed by atoms with Gasteiger partial charge >= 0.3 is 0 Å². The summed E-state index contributed by atoms with van der Waals surface area (Å²) >= 11 is 0. The molecule has 0 bridgehead atoms. The smallest absolute Gasteiger partial charge is 0.227 e. The van der Waals surface area contributed by atoms with Crippen molar-refractivity contribution in [3.8, 4) is 5.75 Å². The minimum Gasteiger partial charge on any atom is -0.497 e. The van der Waals surface area contributed by atoms with Crippen LogP contribution in [0.3, 0.4) is 0 Å². The molecule has 2 amide bonds. The van der Waals surface area contributed by atoms with E-state index >= 15 is 0 Å². The number of methoxy groups -OCH3 is 2. The van der Waals surface area contributed by atoms with Crippen molar-refractivity contribution in [2.45, 2.75) is 6.42 Å². The lowest BCUT2D eigenvalue weighted by atomic mass is 10.1. The molecule has 1 aliphatic rings. The SMILES string of the molecule is COCCNC(=O)[C@H]1CC(=O)N(c2ccc(OC)cc2)C1. The first-order valence-electron chi connectivity index (χ1n) is 6.86. The van der Waals surface area contributed by atoms with Gasteiger partial charge in [-0.05, 0) is 24.3 Å². The number of carbonyl (C=O) groups excluding carboxylic acids is 2. The molecule has 1 aliphatic heterocycles. The molecule has 1 aromatic rings. The van der Waals surface area contributed by atoms with Crippen LogP contribution < -0.4 is 15.0 Å². The summed E-state index contributed by atoms with van der Waals surface area (Å²) in [4.78, 5) is 25.7. The molecule has 6 nitrogen and oxygen atoms in total. The maximum atomic E-state index is 12.1. The van der Waals surface area contributed by atoms with Gasteiger partial charge < -0.3 is 19.7 Å². The maximum absolute atomic E-state index is 12.1. The number of nitrogens with zero attached hydrogens (tertiary/aromatic N) is 1. The van der Waals surface area contributed by atoms with E-state index in [0.717, 1.165) is 11.4 Å². The summed E-state index contributed by atoms with van der Waals surface area (Å²) in [5, 5.41) is 2.77. The molecule has 0 saturated carbocycles. The number of anilines is 1. The van der Waals surface area contributed by atoms with Crippen molar-refractivity contribution in [2.75, 3.05) is 38.8 Å². The lowest BCUT2D eigenvalue weighted by Crippen LogP contribution is -2.34. The number of ether oxygens (including phenoxy) is 2. The number of rotatable bonds is 6. The van der Waals surface area contributed by atoms with Gasteiger partial charge in [0.25, 0.3) is 0 Å².